The average molecular weight is 252 g/mol. The fourth-order valence-corrected chi connectivity index (χ4v) is 1.39. The maximum atomic E-state index is 5.41. The van der Waals surface area contributed by atoms with Crippen molar-refractivity contribution in [2.75, 3.05) is 19.5 Å². The van der Waals surface area contributed by atoms with Gasteiger partial charge in [0.2, 0.25) is 5.96 Å². The lowest BCUT2D eigenvalue weighted by Gasteiger charge is -2.14. The summed E-state index contributed by atoms with van der Waals surface area (Å²) in [7, 11) is 3.20. The van der Waals surface area contributed by atoms with Crippen LogP contribution in [0.3, 0.4) is 0 Å². The van der Waals surface area contributed by atoms with Crippen molar-refractivity contribution >= 4 is 11.6 Å². The van der Waals surface area contributed by atoms with Gasteiger partial charge in [0, 0.05) is 12.1 Å². The van der Waals surface area contributed by atoms with Crippen molar-refractivity contribution in [1.29, 1.82) is 0 Å². The number of rotatable bonds is 4. The number of hydrogen-bond acceptors (Lipinski definition) is 4. The number of methoxy groups -OCH3 is 2. The molecule has 18 heavy (non-hydrogen) atoms. The normalized spacial score (nSPS) is 11.3. The van der Waals surface area contributed by atoms with E-state index in [1.54, 1.807) is 20.3 Å². The second-order valence-corrected chi connectivity index (χ2v) is 3.91. The number of hydrogen-bond donors (Lipinski definition) is 3. The van der Waals surface area contributed by atoms with E-state index in [-0.39, 0.29) is 6.04 Å². The van der Waals surface area contributed by atoms with Gasteiger partial charge in [-0.05, 0) is 26.0 Å². The van der Waals surface area contributed by atoms with Crippen molar-refractivity contribution in [3.8, 4) is 11.5 Å². The largest absolute Gasteiger partial charge is 0.497 e. The van der Waals surface area contributed by atoms with Gasteiger partial charge in [0.25, 0.3) is 0 Å². The molecule has 0 aliphatic carbocycles. The molecule has 0 bridgehead atoms. The van der Waals surface area contributed by atoms with Crippen molar-refractivity contribution in [2.45, 2.75) is 19.9 Å². The Labute approximate surface area is 107 Å². The molecule has 0 aromatic heterocycles. The molecule has 1 aromatic rings. The molecular formula is C12H20N4O2. The van der Waals surface area contributed by atoms with Gasteiger partial charge in [0.15, 0.2) is 0 Å². The molecule has 0 saturated heterocycles. The van der Waals surface area contributed by atoms with Crippen LogP contribution in [0, 0.1) is 0 Å². The fourth-order valence-electron chi connectivity index (χ4n) is 1.39. The number of aliphatic imine (C=N–C) groups is 1. The summed E-state index contributed by atoms with van der Waals surface area (Å²) in [6.45, 7) is 3.93. The topological polar surface area (TPSA) is 80.9 Å². The summed E-state index contributed by atoms with van der Waals surface area (Å²) < 4.78 is 10.4. The van der Waals surface area contributed by atoms with Crippen LogP contribution in [0.4, 0.5) is 5.69 Å². The van der Waals surface area contributed by atoms with E-state index in [0.29, 0.717) is 11.7 Å². The molecule has 4 N–H and O–H groups in total. The lowest BCUT2D eigenvalue weighted by Crippen LogP contribution is -2.37. The SMILES string of the molecule is COc1ccc(NC(=NC(C)C)NN)c(OC)c1. The van der Waals surface area contributed by atoms with Gasteiger partial charge in [0.05, 0.1) is 19.9 Å². The van der Waals surface area contributed by atoms with Crippen LogP contribution >= 0.6 is 0 Å². The first-order valence-electron chi connectivity index (χ1n) is 5.64. The van der Waals surface area contributed by atoms with Crippen LogP contribution in [0.25, 0.3) is 0 Å². The number of benzene rings is 1. The summed E-state index contributed by atoms with van der Waals surface area (Å²) in [4.78, 5) is 4.29. The van der Waals surface area contributed by atoms with E-state index < -0.39 is 0 Å². The van der Waals surface area contributed by atoms with Gasteiger partial charge in [-0.3, -0.25) is 5.43 Å². The minimum Gasteiger partial charge on any atom is -0.497 e. The number of nitrogens with zero attached hydrogens (tertiary/aromatic N) is 1. The molecule has 0 radical (unpaired) electrons. The minimum absolute atomic E-state index is 0.132. The lowest BCUT2D eigenvalue weighted by atomic mass is 10.2. The average Bonchev–Trinajstić information content (AvgIpc) is 2.37. The number of nitrogens with two attached hydrogens (primary N) is 1. The van der Waals surface area contributed by atoms with Crippen LogP contribution in [-0.4, -0.2) is 26.2 Å². The van der Waals surface area contributed by atoms with E-state index in [9.17, 15) is 0 Å². The Morgan fingerprint density at radius 2 is 2.00 bits per heavy atom. The molecule has 0 unspecified atom stereocenters. The predicted octanol–water partition coefficient (Wildman–Crippen LogP) is 1.34. The first kappa shape index (κ1) is 14.1. The third-order valence-corrected chi connectivity index (χ3v) is 2.19. The second-order valence-electron chi connectivity index (χ2n) is 3.91. The molecule has 0 amide bonds. The van der Waals surface area contributed by atoms with Gasteiger partial charge >= 0.3 is 0 Å². The van der Waals surface area contributed by atoms with Crippen LogP contribution in [0.15, 0.2) is 23.2 Å². The number of anilines is 1. The van der Waals surface area contributed by atoms with E-state index in [1.165, 1.54) is 0 Å². The Morgan fingerprint density at radius 3 is 2.50 bits per heavy atom. The van der Waals surface area contributed by atoms with Crippen molar-refractivity contribution in [1.82, 2.24) is 5.43 Å². The number of nitrogens with one attached hydrogen (secondary N) is 2. The molecule has 1 rings (SSSR count). The Bertz CT molecular complexity index is 419. The zero-order valence-corrected chi connectivity index (χ0v) is 11.2. The Morgan fingerprint density at radius 1 is 1.28 bits per heavy atom. The number of guanidine groups is 1. The molecule has 100 valence electrons. The van der Waals surface area contributed by atoms with E-state index in [0.717, 1.165) is 11.4 Å². The Kier molecular flexibility index (Phi) is 5.26. The maximum Gasteiger partial charge on any atom is 0.210 e. The molecular weight excluding hydrogens is 232 g/mol. The Balaban J connectivity index is 2.95. The van der Waals surface area contributed by atoms with E-state index in [2.05, 4.69) is 15.7 Å². The fraction of sp³-hybridized carbons (Fsp3) is 0.417. The predicted molar refractivity (Wildman–Crippen MR) is 73.1 cm³/mol. The summed E-state index contributed by atoms with van der Waals surface area (Å²) in [6.07, 6.45) is 0. The molecule has 0 aliphatic heterocycles. The molecule has 0 atom stereocenters. The van der Waals surface area contributed by atoms with Crippen LogP contribution in [-0.2, 0) is 0 Å². The monoisotopic (exact) mass is 252 g/mol. The molecule has 1 aromatic carbocycles. The Hall–Kier alpha value is -1.95. The quantitative estimate of drug-likeness (QED) is 0.326. The molecule has 0 spiro atoms. The van der Waals surface area contributed by atoms with Gasteiger partial charge in [-0.15, -0.1) is 0 Å². The highest BCUT2D eigenvalue weighted by Gasteiger charge is 2.07. The van der Waals surface area contributed by atoms with Gasteiger partial charge < -0.3 is 14.8 Å². The van der Waals surface area contributed by atoms with Gasteiger partial charge in [-0.1, -0.05) is 0 Å². The lowest BCUT2D eigenvalue weighted by molar-refractivity contribution is 0.395. The first-order valence-corrected chi connectivity index (χ1v) is 5.64. The second kappa shape index (κ2) is 6.70. The molecule has 6 heteroatoms. The van der Waals surface area contributed by atoms with E-state index in [4.69, 9.17) is 15.3 Å². The van der Waals surface area contributed by atoms with E-state index in [1.807, 2.05) is 26.0 Å². The highest BCUT2D eigenvalue weighted by atomic mass is 16.5. The maximum absolute atomic E-state index is 5.41. The summed E-state index contributed by atoms with van der Waals surface area (Å²) in [5, 5.41) is 3.06. The zero-order valence-electron chi connectivity index (χ0n) is 11.2. The molecule has 0 aliphatic rings. The van der Waals surface area contributed by atoms with Crippen molar-refractivity contribution < 1.29 is 9.47 Å². The van der Waals surface area contributed by atoms with E-state index >= 15 is 0 Å². The van der Waals surface area contributed by atoms with Crippen LogP contribution < -0.4 is 26.1 Å². The minimum atomic E-state index is 0.132. The zero-order chi connectivity index (χ0) is 13.5. The summed E-state index contributed by atoms with van der Waals surface area (Å²) >= 11 is 0. The van der Waals surface area contributed by atoms with Crippen LogP contribution in [0.1, 0.15) is 13.8 Å². The number of ether oxygens (including phenoxy) is 2. The molecule has 0 saturated carbocycles. The summed E-state index contributed by atoms with van der Waals surface area (Å²) in [5.74, 6) is 7.26. The molecule has 0 fully saturated rings. The third kappa shape index (κ3) is 3.81. The highest BCUT2D eigenvalue weighted by Crippen LogP contribution is 2.28. The summed E-state index contributed by atoms with van der Waals surface area (Å²) in [6, 6.07) is 5.58. The van der Waals surface area contributed by atoms with Crippen molar-refractivity contribution in [2.24, 2.45) is 10.8 Å². The molecule has 6 nitrogen and oxygen atoms in total. The first-order chi connectivity index (χ1) is 8.60. The molecule has 0 heterocycles. The van der Waals surface area contributed by atoms with Crippen LogP contribution in [0.2, 0.25) is 0 Å². The highest BCUT2D eigenvalue weighted by molar-refractivity contribution is 5.94. The van der Waals surface area contributed by atoms with Crippen LogP contribution in [0.5, 0.6) is 11.5 Å². The number of hydrazine groups is 1. The third-order valence-electron chi connectivity index (χ3n) is 2.19. The van der Waals surface area contributed by atoms with Gasteiger partial charge in [-0.2, -0.15) is 0 Å². The smallest absolute Gasteiger partial charge is 0.210 e. The van der Waals surface area contributed by atoms with Crippen molar-refractivity contribution in [3.05, 3.63) is 18.2 Å². The van der Waals surface area contributed by atoms with Gasteiger partial charge in [-0.25, -0.2) is 10.8 Å². The van der Waals surface area contributed by atoms with Crippen molar-refractivity contribution in [3.63, 3.8) is 0 Å². The standard InChI is InChI=1S/C12H20N4O2/c1-8(2)14-12(16-13)15-10-6-5-9(17-3)7-11(10)18-4/h5-8H,13H2,1-4H3,(H2,14,15,16). The van der Waals surface area contributed by atoms with Gasteiger partial charge in [0.1, 0.15) is 11.5 Å². The summed E-state index contributed by atoms with van der Waals surface area (Å²) in [5.41, 5.74) is 3.27.